The van der Waals surface area contributed by atoms with Gasteiger partial charge in [-0.1, -0.05) is 29.8 Å². The lowest BCUT2D eigenvalue weighted by atomic mass is 10.0. The van der Waals surface area contributed by atoms with Crippen LogP contribution in [0.5, 0.6) is 0 Å². The molecule has 1 aliphatic heterocycles. The zero-order valence-corrected chi connectivity index (χ0v) is 15.8. The highest BCUT2D eigenvalue weighted by Gasteiger charge is 2.50. The van der Waals surface area contributed by atoms with E-state index in [0.29, 0.717) is 11.6 Å². The molecule has 2 heterocycles. The van der Waals surface area contributed by atoms with Crippen molar-refractivity contribution in [3.63, 3.8) is 0 Å². The SMILES string of the molecule is FC(F)(F)c1ccccc1C1OC1NCC1(c2ncc(Br)cc2Cl)CC1. The van der Waals surface area contributed by atoms with E-state index in [4.69, 9.17) is 16.3 Å². The van der Waals surface area contributed by atoms with Crippen molar-refractivity contribution in [3.8, 4) is 0 Å². The fourth-order valence-electron chi connectivity index (χ4n) is 3.26. The summed E-state index contributed by atoms with van der Waals surface area (Å²) in [6.07, 6.45) is -1.82. The minimum Gasteiger partial charge on any atom is -0.348 e. The van der Waals surface area contributed by atoms with Gasteiger partial charge >= 0.3 is 6.18 Å². The van der Waals surface area contributed by atoms with Gasteiger partial charge in [0.05, 0.1) is 16.3 Å². The molecule has 1 aromatic heterocycles. The van der Waals surface area contributed by atoms with Crippen molar-refractivity contribution in [2.45, 2.75) is 36.8 Å². The lowest BCUT2D eigenvalue weighted by Gasteiger charge is -2.16. The first-order chi connectivity index (χ1) is 12.3. The van der Waals surface area contributed by atoms with Crippen molar-refractivity contribution < 1.29 is 17.9 Å². The molecule has 138 valence electrons. The molecule has 1 saturated heterocycles. The summed E-state index contributed by atoms with van der Waals surface area (Å²) in [5.41, 5.74) is 0.177. The lowest BCUT2D eigenvalue weighted by molar-refractivity contribution is -0.138. The van der Waals surface area contributed by atoms with Crippen LogP contribution in [0.25, 0.3) is 0 Å². The molecular formula is C18H15BrClF3N2O. The number of hydrogen-bond donors (Lipinski definition) is 1. The zero-order valence-electron chi connectivity index (χ0n) is 13.5. The average Bonchev–Trinajstić information content (AvgIpc) is 3.48. The number of nitrogens with zero attached hydrogens (tertiary/aromatic N) is 1. The Hall–Kier alpha value is -1.15. The molecule has 2 atom stereocenters. The smallest absolute Gasteiger partial charge is 0.348 e. The normalized spacial score (nSPS) is 23.7. The van der Waals surface area contributed by atoms with E-state index in [-0.39, 0.29) is 11.0 Å². The van der Waals surface area contributed by atoms with Gasteiger partial charge in [0.25, 0.3) is 0 Å². The van der Waals surface area contributed by atoms with Gasteiger partial charge in [-0.3, -0.25) is 10.3 Å². The summed E-state index contributed by atoms with van der Waals surface area (Å²) in [7, 11) is 0. The van der Waals surface area contributed by atoms with Gasteiger partial charge in [0, 0.05) is 22.6 Å². The summed E-state index contributed by atoms with van der Waals surface area (Å²) in [6.45, 7) is 0.566. The van der Waals surface area contributed by atoms with Gasteiger partial charge in [-0.25, -0.2) is 0 Å². The lowest BCUT2D eigenvalue weighted by Crippen LogP contribution is -2.30. The minimum absolute atomic E-state index is 0.169. The Morgan fingerprint density at radius 3 is 2.69 bits per heavy atom. The van der Waals surface area contributed by atoms with Crippen molar-refractivity contribution in [2.24, 2.45) is 0 Å². The number of pyridine rings is 1. The third-order valence-corrected chi connectivity index (χ3v) is 5.59. The van der Waals surface area contributed by atoms with E-state index < -0.39 is 24.1 Å². The Morgan fingerprint density at radius 1 is 1.31 bits per heavy atom. The molecule has 0 spiro atoms. The molecule has 26 heavy (non-hydrogen) atoms. The molecule has 2 aromatic rings. The van der Waals surface area contributed by atoms with E-state index in [9.17, 15) is 13.2 Å². The number of rotatable bonds is 5. The molecule has 8 heteroatoms. The predicted molar refractivity (Wildman–Crippen MR) is 94.9 cm³/mol. The van der Waals surface area contributed by atoms with Crippen LogP contribution in [0.2, 0.25) is 5.02 Å². The summed E-state index contributed by atoms with van der Waals surface area (Å²) >= 11 is 9.64. The molecule has 2 aliphatic rings. The molecule has 0 bridgehead atoms. The summed E-state index contributed by atoms with van der Waals surface area (Å²) < 4.78 is 45.7. The predicted octanol–water partition coefficient (Wildman–Crippen LogP) is 5.24. The van der Waals surface area contributed by atoms with E-state index in [1.165, 1.54) is 12.1 Å². The maximum absolute atomic E-state index is 13.1. The standard InChI is InChI=1S/C18H15BrClF3N2O/c19-10-7-13(20)15(24-8-10)17(5-6-17)9-25-16-14(26-16)11-3-1-2-4-12(11)18(21,22)23/h1-4,7-8,14,16,25H,5-6,9H2. The number of epoxide rings is 1. The molecule has 1 aliphatic carbocycles. The topological polar surface area (TPSA) is 37.5 Å². The molecule has 1 aromatic carbocycles. The van der Waals surface area contributed by atoms with Crippen LogP contribution >= 0.6 is 27.5 Å². The van der Waals surface area contributed by atoms with Crippen LogP contribution in [0.15, 0.2) is 41.0 Å². The van der Waals surface area contributed by atoms with Crippen molar-refractivity contribution in [1.29, 1.82) is 0 Å². The molecule has 2 unspecified atom stereocenters. The van der Waals surface area contributed by atoms with Crippen LogP contribution < -0.4 is 5.32 Å². The van der Waals surface area contributed by atoms with Crippen LogP contribution in [-0.2, 0) is 16.3 Å². The van der Waals surface area contributed by atoms with Crippen LogP contribution in [0.4, 0.5) is 13.2 Å². The van der Waals surface area contributed by atoms with E-state index >= 15 is 0 Å². The van der Waals surface area contributed by atoms with Crippen LogP contribution in [0.3, 0.4) is 0 Å². The molecule has 0 amide bonds. The molecular weight excluding hydrogens is 433 g/mol. The van der Waals surface area contributed by atoms with Gasteiger partial charge in [-0.05, 0) is 46.5 Å². The fraction of sp³-hybridized carbons (Fsp3) is 0.389. The maximum Gasteiger partial charge on any atom is 0.416 e. The highest BCUT2D eigenvalue weighted by molar-refractivity contribution is 9.10. The Balaban J connectivity index is 1.44. The van der Waals surface area contributed by atoms with Crippen molar-refractivity contribution in [2.75, 3.05) is 6.54 Å². The molecule has 1 N–H and O–H groups in total. The van der Waals surface area contributed by atoms with E-state index in [2.05, 4.69) is 26.2 Å². The third kappa shape index (κ3) is 3.50. The highest BCUT2D eigenvalue weighted by atomic mass is 79.9. The average molecular weight is 448 g/mol. The van der Waals surface area contributed by atoms with Gasteiger partial charge in [0.2, 0.25) is 0 Å². The third-order valence-electron chi connectivity index (χ3n) is 4.87. The Bertz CT molecular complexity index is 841. The number of benzene rings is 1. The van der Waals surface area contributed by atoms with Gasteiger partial charge in [0.15, 0.2) is 0 Å². The van der Waals surface area contributed by atoms with E-state index in [1.54, 1.807) is 18.3 Å². The van der Waals surface area contributed by atoms with Gasteiger partial charge in [-0.2, -0.15) is 13.2 Å². The second kappa shape index (κ2) is 6.48. The summed E-state index contributed by atoms with van der Waals surface area (Å²) in [6, 6.07) is 7.34. The van der Waals surface area contributed by atoms with Crippen molar-refractivity contribution in [1.82, 2.24) is 10.3 Å². The monoisotopic (exact) mass is 446 g/mol. The van der Waals surface area contributed by atoms with Crippen LogP contribution in [0.1, 0.15) is 35.8 Å². The van der Waals surface area contributed by atoms with Gasteiger partial charge in [-0.15, -0.1) is 0 Å². The Labute approximate surface area is 162 Å². The van der Waals surface area contributed by atoms with Gasteiger partial charge in [0.1, 0.15) is 12.3 Å². The second-order valence-electron chi connectivity index (χ2n) is 6.71. The zero-order chi connectivity index (χ0) is 18.5. The number of hydrogen-bond acceptors (Lipinski definition) is 3. The number of nitrogens with one attached hydrogen (secondary N) is 1. The maximum atomic E-state index is 13.1. The molecule has 4 rings (SSSR count). The minimum atomic E-state index is -4.39. The Morgan fingerprint density at radius 2 is 2.04 bits per heavy atom. The Kier molecular flexibility index (Phi) is 4.54. The summed E-state index contributed by atoms with van der Waals surface area (Å²) in [5.74, 6) is 0. The number of aromatic nitrogens is 1. The quantitative estimate of drug-likeness (QED) is 0.637. The summed E-state index contributed by atoms with van der Waals surface area (Å²) in [5, 5.41) is 3.82. The summed E-state index contributed by atoms with van der Waals surface area (Å²) in [4.78, 5) is 4.43. The number of alkyl halides is 3. The van der Waals surface area contributed by atoms with Gasteiger partial charge < -0.3 is 4.74 Å². The van der Waals surface area contributed by atoms with E-state index in [0.717, 1.165) is 29.1 Å². The largest absolute Gasteiger partial charge is 0.416 e. The fourth-order valence-corrected chi connectivity index (χ4v) is 4.09. The first kappa shape index (κ1) is 18.2. The van der Waals surface area contributed by atoms with Crippen LogP contribution in [0, 0.1) is 0 Å². The first-order valence-corrected chi connectivity index (χ1v) is 9.34. The van der Waals surface area contributed by atoms with Crippen molar-refractivity contribution in [3.05, 3.63) is 62.8 Å². The second-order valence-corrected chi connectivity index (χ2v) is 8.03. The van der Waals surface area contributed by atoms with Crippen LogP contribution in [-0.4, -0.2) is 17.8 Å². The molecule has 3 nitrogen and oxygen atoms in total. The first-order valence-electron chi connectivity index (χ1n) is 8.17. The molecule has 0 radical (unpaired) electrons. The number of halogens is 5. The van der Waals surface area contributed by atoms with E-state index in [1.807, 2.05) is 0 Å². The molecule has 2 fully saturated rings. The number of ether oxygens (including phenoxy) is 1. The molecule has 1 saturated carbocycles. The van der Waals surface area contributed by atoms with Crippen molar-refractivity contribution >= 4 is 27.5 Å². The highest BCUT2D eigenvalue weighted by Crippen LogP contribution is 2.50.